The summed E-state index contributed by atoms with van der Waals surface area (Å²) in [7, 11) is 4.14. The largest absolute Gasteiger partial charge is 0.378 e. The summed E-state index contributed by atoms with van der Waals surface area (Å²) in [6.07, 6.45) is 3.94. The number of nitrogens with one attached hydrogen (secondary N) is 1. The lowest BCUT2D eigenvalue weighted by atomic mass is 10.0. The van der Waals surface area contributed by atoms with Crippen molar-refractivity contribution >= 4 is 17.3 Å². The van der Waals surface area contributed by atoms with E-state index in [1.807, 2.05) is 0 Å². The molecule has 1 aromatic carbocycles. The van der Waals surface area contributed by atoms with Gasteiger partial charge in [-0.15, -0.1) is 5.10 Å². The summed E-state index contributed by atoms with van der Waals surface area (Å²) in [5, 5.41) is 12.1. The third-order valence-electron chi connectivity index (χ3n) is 5.07. The van der Waals surface area contributed by atoms with Gasteiger partial charge in [0.2, 0.25) is 5.95 Å². The van der Waals surface area contributed by atoms with Crippen molar-refractivity contribution in [1.29, 1.82) is 0 Å². The van der Waals surface area contributed by atoms with Crippen LogP contribution in [0, 0.1) is 0 Å². The molecule has 1 aromatic heterocycles. The molecule has 0 amide bonds. The third kappa shape index (κ3) is 4.23. The Morgan fingerprint density at radius 1 is 1.00 bits per heavy atom. The van der Waals surface area contributed by atoms with Crippen molar-refractivity contribution in [1.82, 2.24) is 15.2 Å². The van der Waals surface area contributed by atoms with Crippen molar-refractivity contribution in [3.8, 4) is 0 Å². The zero-order valence-electron chi connectivity index (χ0n) is 16.4. The van der Waals surface area contributed by atoms with Crippen LogP contribution in [0.15, 0.2) is 24.3 Å². The number of hydrogen-bond acceptors (Lipinski definition) is 6. The highest BCUT2D eigenvalue weighted by molar-refractivity contribution is 5.56. The Balaban J connectivity index is 1.57. The molecule has 3 rings (SSSR count). The second-order valence-electron chi connectivity index (χ2n) is 7.05. The highest BCUT2D eigenvalue weighted by Gasteiger charge is 2.20. The Hall–Kier alpha value is -2.37. The first kappa shape index (κ1) is 18.4. The predicted octanol–water partition coefficient (Wildman–Crippen LogP) is 3.14. The van der Waals surface area contributed by atoms with E-state index in [1.165, 1.54) is 11.4 Å². The molecule has 1 fully saturated rings. The fraction of sp³-hybridized carbons (Fsp3) is 0.550. The molecule has 26 heavy (non-hydrogen) atoms. The minimum absolute atomic E-state index is 0.409. The molecule has 0 radical (unpaired) electrons. The maximum atomic E-state index is 4.66. The van der Waals surface area contributed by atoms with Crippen molar-refractivity contribution in [3.63, 3.8) is 0 Å². The topological polar surface area (TPSA) is 57.2 Å². The van der Waals surface area contributed by atoms with E-state index in [4.69, 9.17) is 0 Å². The first-order valence-corrected chi connectivity index (χ1v) is 9.62. The molecule has 0 bridgehead atoms. The van der Waals surface area contributed by atoms with Crippen LogP contribution in [0.5, 0.6) is 0 Å². The Kier molecular flexibility index (Phi) is 5.91. The third-order valence-corrected chi connectivity index (χ3v) is 5.07. The summed E-state index contributed by atoms with van der Waals surface area (Å²) in [6.45, 7) is 6.30. The summed E-state index contributed by atoms with van der Waals surface area (Å²) in [4.78, 5) is 9.24. The normalized spacial score (nSPS) is 15.2. The van der Waals surface area contributed by atoms with Crippen LogP contribution < -0.4 is 15.1 Å². The summed E-state index contributed by atoms with van der Waals surface area (Å²) >= 11 is 0. The lowest BCUT2D eigenvalue weighted by Crippen LogP contribution is -2.39. The van der Waals surface area contributed by atoms with Gasteiger partial charge in [0.25, 0.3) is 0 Å². The average molecular weight is 355 g/mol. The van der Waals surface area contributed by atoms with Gasteiger partial charge in [0.1, 0.15) is 0 Å². The van der Waals surface area contributed by atoms with Crippen LogP contribution in [0.3, 0.4) is 0 Å². The van der Waals surface area contributed by atoms with Gasteiger partial charge in [0.05, 0.1) is 11.4 Å². The molecule has 1 saturated heterocycles. The Morgan fingerprint density at radius 3 is 2.23 bits per heavy atom. The standard InChI is InChI=1S/C20H30N6/c1-5-18-19(6-2)23-24-20(22-18)21-15-11-13-26(14-12-15)17-9-7-16(8-10-17)25(3)4/h7-10,15H,5-6,11-14H2,1-4H3,(H,21,22,24). The van der Waals surface area contributed by atoms with E-state index in [1.54, 1.807) is 0 Å². The SMILES string of the molecule is CCc1nnc(NC2CCN(c3ccc(N(C)C)cc3)CC2)nc1CC. The molecule has 140 valence electrons. The molecule has 2 aromatic rings. The average Bonchev–Trinajstić information content (AvgIpc) is 2.68. The number of anilines is 3. The van der Waals surface area contributed by atoms with Gasteiger partial charge < -0.3 is 15.1 Å². The first-order valence-electron chi connectivity index (χ1n) is 9.62. The van der Waals surface area contributed by atoms with Gasteiger partial charge in [-0.05, 0) is 49.9 Å². The lowest BCUT2D eigenvalue weighted by molar-refractivity contribution is 0.522. The van der Waals surface area contributed by atoms with Crippen LogP contribution in [-0.2, 0) is 12.8 Å². The second-order valence-corrected chi connectivity index (χ2v) is 7.05. The molecule has 0 atom stereocenters. The van der Waals surface area contributed by atoms with E-state index < -0.39 is 0 Å². The fourth-order valence-electron chi connectivity index (χ4n) is 3.43. The lowest BCUT2D eigenvalue weighted by Gasteiger charge is -2.34. The van der Waals surface area contributed by atoms with Gasteiger partial charge in [0.15, 0.2) is 0 Å². The van der Waals surface area contributed by atoms with Crippen LogP contribution in [0.4, 0.5) is 17.3 Å². The maximum absolute atomic E-state index is 4.66. The van der Waals surface area contributed by atoms with Gasteiger partial charge in [0, 0.05) is 44.6 Å². The predicted molar refractivity (Wildman–Crippen MR) is 108 cm³/mol. The van der Waals surface area contributed by atoms with E-state index in [-0.39, 0.29) is 0 Å². The second kappa shape index (κ2) is 8.34. The summed E-state index contributed by atoms with van der Waals surface area (Å²) < 4.78 is 0. The number of aryl methyl sites for hydroxylation is 2. The van der Waals surface area contributed by atoms with E-state index >= 15 is 0 Å². The van der Waals surface area contributed by atoms with Crippen molar-refractivity contribution < 1.29 is 0 Å². The summed E-state index contributed by atoms with van der Waals surface area (Å²) in [6, 6.07) is 9.20. The van der Waals surface area contributed by atoms with Crippen molar-refractivity contribution in [2.24, 2.45) is 0 Å². The molecule has 1 N–H and O–H groups in total. The first-order chi connectivity index (χ1) is 12.6. The minimum Gasteiger partial charge on any atom is -0.378 e. The number of aromatic nitrogens is 3. The Labute approximate surface area is 156 Å². The molecular weight excluding hydrogens is 324 g/mol. The monoisotopic (exact) mass is 354 g/mol. The van der Waals surface area contributed by atoms with E-state index in [0.29, 0.717) is 12.0 Å². The van der Waals surface area contributed by atoms with Crippen LogP contribution >= 0.6 is 0 Å². The van der Waals surface area contributed by atoms with Crippen LogP contribution in [0.25, 0.3) is 0 Å². The Morgan fingerprint density at radius 2 is 1.65 bits per heavy atom. The van der Waals surface area contributed by atoms with Crippen molar-refractivity contribution in [2.75, 3.05) is 42.3 Å². The number of nitrogens with zero attached hydrogens (tertiary/aromatic N) is 5. The number of benzene rings is 1. The maximum Gasteiger partial charge on any atom is 0.243 e. The fourth-order valence-corrected chi connectivity index (χ4v) is 3.43. The molecule has 6 nitrogen and oxygen atoms in total. The molecule has 0 saturated carbocycles. The molecule has 0 aliphatic carbocycles. The highest BCUT2D eigenvalue weighted by Crippen LogP contribution is 2.24. The van der Waals surface area contributed by atoms with E-state index in [0.717, 1.165) is 50.2 Å². The van der Waals surface area contributed by atoms with Crippen LogP contribution in [0.2, 0.25) is 0 Å². The van der Waals surface area contributed by atoms with Crippen LogP contribution in [0.1, 0.15) is 38.1 Å². The summed E-state index contributed by atoms with van der Waals surface area (Å²) in [5.41, 5.74) is 4.60. The van der Waals surface area contributed by atoms with Gasteiger partial charge >= 0.3 is 0 Å². The van der Waals surface area contributed by atoms with Crippen molar-refractivity contribution in [3.05, 3.63) is 35.7 Å². The minimum atomic E-state index is 0.409. The van der Waals surface area contributed by atoms with Crippen molar-refractivity contribution in [2.45, 2.75) is 45.6 Å². The number of piperidine rings is 1. The number of hydrogen-bond donors (Lipinski definition) is 1. The van der Waals surface area contributed by atoms with Crippen LogP contribution in [-0.4, -0.2) is 48.4 Å². The molecular formula is C20H30N6. The van der Waals surface area contributed by atoms with Gasteiger partial charge in [-0.1, -0.05) is 13.8 Å². The zero-order chi connectivity index (χ0) is 18.5. The molecule has 0 spiro atoms. The molecule has 2 heterocycles. The molecule has 1 aliphatic heterocycles. The number of rotatable bonds is 6. The van der Waals surface area contributed by atoms with Gasteiger partial charge in [-0.2, -0.15) is 5.10 Å². The molecule has 0 unspecified atom stereocenters. The van der Waals surface area contributed by atoms with E-state index in [9.17, 15) is 0 Å². The smallest absolute Gasteiger partial charge is 0.243 e. The summed E-state index contributed by atoms with van der Waals surface area (Å²) in [5.74, 6) is 0.674. The quantitative estimate of drug-likeness (QED) is 0.860. The van der Waals surface area contributed by atoms with Gasteiger partial charge in [-0.25, -0.2) is 4.98 Å². The molecule has 1 aliphatic rings. The highest BCUT2D eigenvalue weighted by atomic mass is 15.3. The Bertz CT molecular complexity index is 705. The molecule has 6 heteroatoms. The zero-order valence-corrected chi connectivity index (χ0v) is 16.4. The van der Waals surface area contributed by atoms with E-state index in [2.05, 4.69) is 82.5 Å². The van der Waals surface area contributed by atoms with Gasteiger partial charge in [-0.3, -0.25) is 0 Å².